The van der Waals surface area contributed by atoms with Gasteiger partial charge in [0.05, 0.1) is 23.5 Å². The molecule has 142 valence electrons. The molecule has 0 fully saturated rings. The molecule has 1 aromatic heterocycles. The largest absolute Gasteiger partial charge is 0.467 e. The van der Waals surface area contributed by atoms with Crippen LogP contribution in [0.15, 0.2) is 48.7 Å². The van der Waals surface area contributed by atoms with Crippen molar-refractivity contribution in [2.24, 2.45) is 0 Å². The molecule has 8 heteroatoms. The molecule has 8 nitrogen and oxygen atoms in total. The topological polar surface area (TPSA) is 101 Å². The number of non-ortho nitro benzene ring substituents is 1. The van der Waals surface area contributed by atoms with Gasteiger partial charge >= 0.3 is 5.97 Å². The number of para-hydroxylation sites is 1. The Labute approximate surface area is 159 Å². The Balaban J connectivity index is 1.52. The molecule has 3 aromatic rings. The molecule has 2 aromatic carbocycles. The van der Waals surface area contributed by atoms with Gasteiger partial charge in [-0.05, 0) is 11.6 Å². The molecule has 4 rings (SSSR count). The molecule has 28 heavy (non-hydrogen) atoms. The van der Waals surface area contributed by atoms with Crippen molar-refractivity contribution in [3.8, 4) is 5.75 Å². The Morgan fingerprint density at radius 2 is 2.07 bits per heavy atom. The number of ether oxygens (including phenoxy) is 3. The van der Waals surface area contributed by atoms with E-state index < -0.39 is 10.9 Å². The number of aromatic nitrogens is 1. The zero-order valence-electron chi connectivity index (χ0n) is 14.8. The van der Waals surface area contributed by atoms with Gasteiger partial charge in [0.1, 0.15) is 12.4 Å². The first-order valence-corrected chi connectivity index (χ1v) is 8.61. The van der Waals surface area contributed by atoms with E-state index in [9.17, 15) is 14.9 Å². The Bertz CT molecular complexity index is 1060. The molecule has 0 spiro atoms. The molecule has 0 aliphatic carbocycles. The normalized spacial score (nSPS) is 12.9. The van der Waals surface area contributed by atoms with Crippen molar-refractivity contribution < 1.29 is 23.9 Å². The van der Waals surface area contributed by atoms with Crippen LogP contribution in [0.4, 0.5) is 5.69 Å². The minimum atomic E-state index is -0.498. The average Bonchev–Trinajstić information content (AvgIpc) is 2.72. The number of pyridine rings is 1. The number of hydrogen-bond donors (Lipinski definition) is 0. The monoisotopic (exact) mass is 380 g/mol. The molecule has 0 amide bonds. The van der Waals surface area contributed by atoms with Crippen LogP contribution in [0.2, 0.25) is 0 Å². The van der Waals surface area contributed by atoms with Crippen LogP contribution in [-0.2, 0) is 33.9 Å². The maximum Gasteiger partial charge on any atom is 0.310 e. The molecule has 0 bridgehead atoms. The fraction of sp³-hybridized carbons (Fsp3) is 0.200. The molecule has 0 unspecified atom stereocenters. The fourth-order valence-corrected chi connectivity index (χ4v) is 3.17. The average molecular weight is 380 g/mol. The maximum atomic E-state index is 12.4. The van der Waals surface area contributed by atoms with Gasteiger partial charge in [-0.25, -0.2) is 0 Å². The molecule has 0 saturated carbocycles. The first kappa shape index (κ1) is 17.9. The van der Waals surface area contributed by atoms with Crippen molar-refractivity contribution in [2.45, 2.75) is 19.6 Å². The van der Waals surface area contributed by atoms with Gasteiger partial charge in [-0.15, -0.1) is 0 Å². The lowest BCUT2D eigenvalue weighted by Crippen LogP contribution is -2.15. The summed E-state index contributed by atoms with van der Waals surface area (Å²) in [5, 5.41) is 12.1. The lowest BCUT2D eigenvalue weighted by atomic mass is 10.1. The van der Waals surface area contributed by atoms with E-state index in [1.54, 1.807) is 6.20 Å². The van der Waals surface area contributed by atoms with Crippen molar-refractivity contribution in [3.05, 3.63) is 75.5 Å². The third-order valence-electron chi connectivity index (χ3n) is 4.42. The second-order valence-corrected chi connectivity index (χ2v) is 6.29. The van der Waals surface area contributed by atoms with Gasteiger partial charge in [0.15, 0.2) is 6.79 Å². The third-order valence-corrected chi connectivity index (χ3v) is 4.42. The highest BCUT2D eigenvalue weighted by Crippen LogP contribution is 2.33. The first-order valence-electron chi connectivity index (χ1n) is 8.61. The molecular weight excluding hydrogens is 364 g/mol. The maximum absolute atomic E-state index is 12.4. The Kier molecular flexibility index (Phi) is 4.86. The number of fused-ring (bicyclic) bond motifs is 2. The smallest absolute Gasteiger partial charge is 0.310 e. The van der Waals surface area contributed by atoms with Crippen molar-refractivity contribution >= 4 is 22.6 Å². The number of carbonyl (C=O) groups is 1. The van der Waals surface area contributed by atoms with Crippen LogP contribution in [0.5, 0.6) is 5.75 Å². The standard InChI is InChI=1S/C20H16N2O6/c23-18(9-14-4-1-3-13-5-2-6-21-19(13)14)27-11-16-8-17(22(24)25)7-15-10-26-12-28-20(15)16/h1-8H,9-12H2. The van der Waals surface area contributed by atoms with E-state index in [0.29, 0.717) is 16.9 Å². The molecule has 0 N–H and O–H groups in total. The highest BCUT2D eigenvalue weighted by Gasteiger charge is 2.22. The zero-order valence-corrected chi connectivity index (χ0v) is 14.8. The summed E-state index contributed by atoms with van der Waals surface area (Å²) in [6.45, 7) is 0.133. The van der Waals surface area contributed by atoms with Crippen LogP contribution < -0.4 is 4.74 Å². The summed E-state index contributed by atoms with van der Waals surface area (Å²) >= 11 is 0. The van der Waals surface area contributed by atoms with Crippen LogP contribution in [0.1, 0.15) is 16.7 Å². The van der Waals surface area contributed by atoms with Crippen molar-refractivity contribution in [3.63, 3.8) is 0 Å². The summed E-state index contributed by atoms with van der Waals surface area (Å²) < 4.78 is 16.0. The first-order chi connectivity index (χ1) is 13.6. The molecule has 1 aliphatic heterocycles. The molecule has 0 saturated heterocycles. The number of nitrogens with zero attached hydrogens (tertiary/aromatic N) is 2. The van der Waals surface area contributed by atoms with Gasteiger partial charge in [-0.1, -0.05) is 24.3 Å². The molecular formula is C20H16N2O6. The van der Waals surface area contributed by atoms with E-state index in [2.05, 4.69) is 4.98 Å². The van der Waals surface area contributed by atoms with Crippen LogP contribution >= 0.6 is 0 Å². The summed E-state index contributed by atoms with van der Waals surface area (Å²) in [4.78, 5) is 27.3. The van der Waals surface area contributed by atoms with E-state index in [4.69, 9.17) is 14.2 Å². The number of nitro groups is 1. The SMILES string of the molecule is O=C(Cc1cccc2cccnc12)OCc1cc([N+](=O)[O-])cc2c1OCOC2. The number of carbonyl (C=O) groups excluding carboxylic acids is 1. The number of rotatable bonds is 5. The summed E-state index contributed by atoms with van der Waals surface area (Å²) in [5.41, 5.74) is 2.41. The van der Waals surface area contributed by atoms with Gasteiger partial charge in [-0.2, -0.15) is 0 Å². The third kappa shape index (κ3) is 3.63. The molecule has 0 atom stereocenters. The molecule has 2 heterocycles. The summed E-state index contributed by atoms with van der Waals surface area (Å²) in [6.07, 6.45) is 1.72. The molecule has 0 radical (unpaired) electrons. The van der Waals surface area contributed by atoms with Crippen LogP contribution in [0.25, 0.3) is 10.9 Å². The minimum Gasteiger partial charge on any atom is -0.467 e. The van der Waals surface area contributed by atoms with Crippen LogP contribution in [0, 0.1) is 10.1 Å². The molecule has 1 aliphatic rings. The summed E-state index contributed by atoms with van der Waals surface area (Å²) in [5.74, 6) is 0.0157. The predicted molar refractivity (Wildman–Crippen MR) is 98.6 cm³/mol. The lowest BCUT2D eigenvalue weighted by molar-refractivity contribution is -0.385. The predicted octanol–water partition coefficient (Wildman–Crippen LogP) is 3.30. The highest BCUT2D eigenvalue weighted by molar-refractivity contribution is 5.85. The quantitative estimate of drug-likeness (QED) is 0.380. The van der Waals surface area contributed by atoms with E-state index in [0.717, 1.165) is 16.5 Å². The summed E-state index contributed by atoms with van der Waals surface area (Å²) in [7, 11) is 0. The van der Waals surface area contributed by atoms with Gasteiger partial charge in [-0.3, -0.25) is 19.9 Å². The van der Waals surface area contributed by atoms with Crippen LogP contribution in [-0.4, -0.2) is 22.7 Å². The van der Waals surface area contributed by atoms with Gasteiger partial charge in [0.25, 0.3) is 5.69 Å². The van der Waals surface area contributed by atoms with E-state index in [1.165, 1.54) is 12.1 Å². The van der Waals surface area contributed by atoms with E-state index in [-0.39, 0.29) is 32.1 Å². The summed E-state index contributed by atoms with van der Waals surface area (Å²) in [6, 6.07) is 12.1. The Morgan fingerprint density at radius 3 is 2.93 bits per heavy atom. The van der Waals surface area contributed by atoms with Crippen LogP contribution in [0.3, 0.4) is 0 Å². The van der Waals surface area contributed by atoms with Gasteiger partial charge < -0.3 is 14.2 Å². The van der Waals surface area contributed by atoms with Crippen molar-refractivity contribution in [1.29, 1.82) is 0 Å². The van der Waals surface area contributed by atoms with E-state index in [1.807, 2.05) is 30.3 Å². The fourth-order valence-electron chi connectivity index (χ4n) is 3.17. The Hall–Kier alpha value is -3.52. The van der Waals surface area contributed by atoms with Crippen molar-refractivity contribution in [1.82, 2.24) is 4.98 Å². The van der Waals surface area contributed by atoms with E-state index >= 15 is 0 Å². The number of hydrogen-bond acceptors (Lipinski definition) is 7. The number of esters is 1. The van der Waals surface area contributed by atoms with Gasteiger partial charge in [0, 0.05) is 34.8 Å². The highest BCUT2D eigenvalue weighted by atomic mass is 16.7. The second kappa shape index (κ2) is 7.61. The van der Waals surface area contributed by atoms with Crippen molar-refractivity contribution in [2.75, 3.05) is 6.79 Å². The number of nitro benzene ring substituents is 1. The Morgan fingerprint density at radius 1 is 1.21 bits per heavy atom. The second-order valence-electron chi connectivity index (χ2n) is 6.29. The minimum absolute atomic E-state index is 0.0490. The zero-order chi connectivity index (χ0) is 19.5. The van der Waals surface area contributed by atoms with Gasteiger partial charge in [0.2, 0.25) is 0 Å². The lowest BCUT2D eigenvalue weighted by Gasteiger charge is -2.20. The number of benzene rings is 2.